The van der Waals surface area contributed by atoms with E-state index in [9.17, 15) is 8.78 Å². The van der Waals surface area contributed by atoms with E-state index < -0.39 is 6.43 Å². The topological polar surface area (TPSA) is 36.7 Å². The Balaban J connectivity index is 3.27. The predicted molar refractivity (Wildman–Crippen MR) is 50.9 cm³/mol. The molecule has 0 unspecified atom stereocenters. The first kappa shape index (κ1) is 11.1. The maximum atomic E-state index is 12.4. The molecule has 0 radical (unpaired) electrons. The number of hydrogen-bond donors (Lipinski definition) is 0. The molecule has 0 spiro atoms. The fraction of sp³-hybridized carbons (Fsp3) is 0.333. The van der Waals surface area contributed by atoms with Crippen molar-refractivity contribution in [2.75, 3.05) is 0 Å². The van der Waals surface area contributed by atoms with Gasteiger partial charge in [0.2, 0.25) is 0 Å². The van der Waals surface area contributed by atoms with Crippen LogP contribution in [0.4, 0.5) is 8.78 Å². The zero-order valence-electron chi connectivity index (χ0n) is 7.39. The molecule has 0 fully saturated rings. The summed E-state index contributed by atoms with van der Waals surface area (Å²) in [5, 5.41) is 8.52. The predicted octanol–water partition coefficient (Wildman–Crippen LogP) is 3.16. The number of alkyl halides is 2. The van der Waals surface area contributed by atoms with E-state index in [0.29, 0.717) is 5.56 Å². The molecule has 1 heterocycles. The summed E-state index contributed by atoms with van der Waals surface area (Å²) in [5.41, 5.74) is 1.02. The molecule has 74 valence electrons. The van der Waals surface area contributed by atoms with Gasteiger partial charge in [0.25, 0.3) is 6.43 Å². The molecule has 0 saturated heterocycles. The maximum absolute atomic E-state index is 12.4. The summed E-state index contributed by atoms with van der Waals surface area (Å²) in [6.07, 6.45) is -1.16. The van der Waals surface area contributed by atoms with E-state index in [4.69, 9.17) is 5.26 Å². The molecule has 0 aliphatic rings. The van der Waals surface area contributed by atoms with E-state index >= 15 is 0 Å². The largest absolute Gasteiger partial charge is 0.281 e. The van der Waals surface area contributed by atoms with Crippen LogP contribution in [0.25, 0.3) is 0 Å². The lowest BCUT2D eigenvalue weighted by Crippen LogP contribution is -1.99. The van der Waals surface area contributed by atoms with Crippen LogP contribution in [0.5, 0.6) is 0 Å². The van der Waals surface area contributed by atoms with Crippen molar-refractivity contribution < 1.29 is 8.78 Å². The highest BCUT2D eigenvalue weighted by molar-refractivity contribution is 9.10. The monoisotopic (exact) mass is 260 g/mol. The number of nitriles is 1. The normalized spacial score (nSPS) is 10.3. The van der Waals surface area contributed by atoms with E-state index in [-0.39, 0.29) is 16.6 Å². The van der Waals surface area contributed by atoms with Crippen molar-refractivity contribution in [3.63, 3.8) is 0 Å². The molecule has 1 aromatic rings. The van der Waals surface area contributed by atoms with Crippen molar-refractivity contribution >= 4 is 15.9 Å². The third-order valence-electron chi connectivity index (χ3n) is 1.83. The first-order valence-corrected chi connectivity index (χ1v) is 4.66. The van der Waals surface area contributed by atoms with Crippen molar-refractivity contribution in [2.24, 2.45) is 0 Å². The number of halogens is 3. The molecule has 0 aromatic carbocycles. The molecule has 0 aliphatic carbocycles. The number of aryl methyl sites for hydroxylation is 1. The summed E-state index contributed by atoms with van der Waals surface area (Å²) in [6, 6.07) is 1.93. The summed E-state index contributed by atoms with van der Waals surface area (Å²) in [5.74, 6) is 0. The number of hydrogen-bond acceptors (Lipinski definition) is 2. The first-order valence-electron chi connectivity index (χ1n) is 3.87. The third kappa shape index (κ3) is 2.07. The molecule has 0 amide bonds. The van der Waals surface area contributed by atoms with E-state index in [2.05, 4.69) is 20.9 Å². The first-order chi connectivity index (χ1) is 6.57. The summed E-state index contributed by atoms with van der Waals surface area (Å²) in [7, 11) is 0. The summed E-state index contributed by atoms with van der Waals surface area (Å²) < 4.78 is 25.1. The van der Waals surface area contributed by atoms with Crippen LogP contribution >= 0.6 is 15.9 Å². The van der Waals surface area contributed by atoms with Crippen LogP contribution in [-0.4, -0.2) is 4.98 Å². The quantitative estimate of drug-likeness (QED) is 0.819. The van der Waals surface area contributed by atoms with Gasteiger partial charge in [-0.2, -0.15) is 5.26 Å². The lowest BCUT2D eigenvalue weighted by atomic mass is 10.1. The van der Waals surface area contributed by atoms with E-state index in [1.165, 1.54) is 6.20 Å². The minimum atomic E-state index is -2.62. The molecule has 0 bridgehead atoms. The Morgan fingerprint density at radius 2 is 2.29 bits per heavy atom. The van der Waals surface area contributed by atoms with Gasteiger partial charge in [0.05, 0.1) is 12.5 Å². The lowest BCUT2D eigenvalue weighted by Gasteiger charge is -2.08. The zero-order valence-corrected chi connectivity index (χ0v) is 8.98. The molecular formula is C9H7BrF2N2. The molecule has 0 saturated carbocycles. The van der Waals surface area contributed by atoms with Crippen LogP contribution in [0.3, 0.4) is 0 Å². The summed E-state index contributed by atoms with van der Waals surface area (Å²) in [4.78, 5) is 3.61. The molecule has 0 N–H and O–H groups in total. The molecule has 0 atom stereocenters. The van der Waals surface area contributed by atoms with Crippen molar-refractivity contribution in [1.29, 1.82) is 5.26 Å². The Morgan fingerprint density at radius 1 is 1.64 bits per heavy atom. The van der Waals surface area contributed by atoms with Gasteiger partial charge in [0.15, 0.2) is 0 Å². The summed E-state index contributed by atoms with van der Waals surface area (Å²) in [6.45, 7) is 1.74. The second kappa shape index (κ2) is 4.47. The van der Waals surface area contributed by atoms with Gasteiger partial charge < -0.3 is 0 Å². The smallest absolute Gasteiger partial charge is 0.254 e. The molecule has 5 heteroatoms. The van der Waals surface area contributed by atoms with Gasteiger partial charge in [-0.1, -0.05) is 0 Å². The standard InChI is InChI=1S/C9H7BrF2N2/c1-5-4-14-8(9(11)12)7(10)6(5)2-3-13/h4,9H,2H2,1H3. The molecule has 1 aromatic heterocycles. The average Bonchev–Trinajstić information content (AvgIpc) is 2.11. The Labute approximate surface area is 88.7 Å². The highest BCUT2D eigenvalue weighted by atomic mass is 79.9. The van der Waals surface area contributed by atoms with Crippen molar-refractivity contribution in [3.8, 4) is 6.07 Å². The summed E-state index contributed by atoms with van der Waals surface area (Å²) >= 11 is 3.04. The minimum Gasteiger partial charge on any atom is -0.254 e. The highest BCUT2D eigenvalue weighted by Gasteiger charge is 2.17. The van der Waals surface area contributed by atoms with E-state index in [1.54, 1.807) is 6.92 Å². The second-order valence-corrected chi connectivity index (χ2v) is 3.55. The van der Waals surface area contributed by atoms with Crippen LogP contribution < -0.4 is 0 Å². The number of nitrogens with zero attached hydrogens (tertiary/aromatic N) is 2. The average molecular weight is 261 g/mol. The number of rotatable bonds is 2. The Hall–Kier alpha value is -1.02. The van der Waals surface area contributed by atoms with Gasteiger partial charge in [-0.3, -0.25) is 4.98 Å². The van der Waals surface area contributed by atoms with Crippen LogP contribution in [0.1, 0.15) is 23.2 Å². The van der Waals surface area contributed by atoms with Crippen LogP contribution in [0.15, 0.2) is 10.7 Å². The molecule has 2 nitrogen and oxygen atoms in total. The Bertz CT molecular complexity index is 385. The third-order valence-corrected chi connectivity index (χ3v) is 2.71. The van der Waals surface area contributed by atoms with E-state index in [0.717, 1.165) is 5.56 Å². The molecular weight excluding hydrogens is 254 g/mol. The van der Waals surface area contributed by atoms with Crippen LogP contribution in [0.2, 0.25) is 0 Å². The van der Waals surface area contributed by atoms with Gasteiger partial charge >= 0.3 is 0 Å². The van der Waals surface area contributed by atoms with Gasteiger partial charge in [-0.05, 0) is 34.0 Å². The lowest BCUT2D eigenvalue weighted by molar-refractivity contribution is 0.145. The maximum Gasteiger partial charge on any atom is 0.281 e. The van der Waals surface area contributed by atoms with Crippen LogP contribution in [-0.2, 0) is 6.42 Å². The molecule has 0 aliphatic heterocycles. The van der Waals surface area contributed by atoms with Gasteiger partial charge in [-0.25, -0.2) is 8.78 Å². The SMILES string of the molecule is Cc1cnc(C(F)F)c(Br)c1CC#N. The van der Waals surface area contributed by atoms with E-state index in [1.807, 2.05) is 6.07 Å². The number of pyridine rings is 1. The zero-order chi connectivity index (χ0) is 10.7. The van der Waals surface area contributed by atoms with Gasteiger partial charge in [0.1, 0.15) is 5.69 Å². The number of aromatic nitrogens is 1. The van der Waals surface area contributed by atoms with Gasteiger partial charge in [-0.15, -0.1) is 0 Å². The van der Waals surface area contributed by atoms with Crippen molar-refractivity contribution in [1.82, 2.24) is 4.98 Å². The van der Waals surface area contributed by atoms with Crippen molar-refractivity contribution in [2.45, 2.75) is 19.8 Å². The van der Waals surface area contributed by atoms with Gasteiger partial charge in [0, 0.05) is 10.7 Å². The minimum absolute atomic E-state index is 0.106. The Morgan fingerprint density at radius 3 is 2.79 bits per heavy atom. The molecule has 14 heavy (non-hydrogen) atoms. The highest BCUT2D eigenvalue weighted by Crippen LogP contribution is 2.30. The Kier molecular flexibility index (Phi) is 3.53. The van der Waals surface area contributed by atoms with Crippen molar-refractivity contribution in [3.05, 3.63) is 27.5 Å². The second-order valence-electron chi connectivity index (χ2n) is 2.75. The fourth-order valence-corrected chi connectivity index (χ4v) is 1.81. The van der Waals surface area contributed by atoms with Crippen LogP contribution in [0, 0.1) is 18.3 Å². The molecule has 1 rings (SSSR count). The fourth-order valence-electron chi connectivity index (χ4n) is 1.08.